The number of nitrogens with zero attached hydrogens (tertiary/aromatic N) is 1. The van der Waals surface area contributed by atoms with Crippen molar-refractivity contribution in [3.05, 3.63) is 44.7 Å². The third-order valence-electron chi connectivity index (χ3n) is 2.82. The summed E-state index contributed by atoms with van der Waals surface area (Å²) in [6.07, 6.45) is 4.12. The third-order valence-corrected chi connectivity index (χ3v) is 4.24. The highest BCUT2D eigenvalue weighted by atomic mass is 79.9. The van der Waals surface area contributed by atoms with Crippen LogP contribution in [0.15, 0.2) is 34.2 Å². The van der Waals surface area contributed by atoms with Crippen LogP contribution in [-0.2, 0) is 0 Å². The van der Waals surface area contributed by atoms with Gasteiger partial charge in [0.2, 0.25) is 0 Å². The van der Waals surface area contributed by atoms with Crippen molar-refractivity contribution in [2.75, 3.05) is 5.32 Å². The number of nitrogens with one attached hydrogen (secondary N) is 1. The molecule has 0 saturated heterocycles. The summed E-state index contributed by atoms with van der Waals surface area (Å²) in [4.78, 5) is 5.83. The second-order valence-electron chi connectivity index (χ2n) is 4.32. The predicted octanol–water partition coefficient (Wildman–Crippen LogP) is 5.17. The van der Waals surface area contributed by atoms with Crippen LogP contribution in [0.2, 0.25) is 0 Å². The minimum Gasteiger partial charge on any atom is -0.362 e. The Labute approximate surface area is 121 Å². The number of pyridine rings is 1. The summed E-state index contributed by atoms with van der Waals surface area (Å²) >= 11 is 5.24. The highest BCUT2D eigenvalue weighted by Crippen LogP contribution is 2.28. The van der Waals surface area contributed by atoms with Crippen LogP contribution in [0.3, 0.4) is 0 Å². The Balaban J connectivity index is 2.18. The van der Waals surface area contributed by atoms with Crippen molar-refractivity contribution in [2.45, 2.75) is 32.7 Å². The molecule has 0 amide bonds. The van der Waals surface area contributed by atoms with E-state index < -0.39 is 0 Å². The normalized spacial score (nSPS) is 12.4. The number of halogens is 1. The number of thiophene rings is 1. The molecular formula is C14H17BrN2S. The molecule has 2 nitrogen and oxygen atoms in total. The van der Waals surface area contributed by atoms with Crippen LogP contribution in [0.4, 0.5) is 5.82 Å². The van der Waals surface area contributed by atoms with Crippen LogP contribution in [0.5, 0.6) is 0 Å². The molecule has 0 fully saturated rings. The molecule has 0 radical (unpaired) electrons. The van der Waals surface area contributed by atoms with Crippen molar-refractivity contribution < 1.29 is 0 Å². The maximum absolute atomic E-state index is 4.46. The molecule has 4 heteroatoms. The van der Waals surface area contributed by atoms with E-state index in [1.54, 1.807) is 11.3 Å². The first-order valence-electron chi connectivity index (χ1n) is 6.12. The highest BCUT2D eigenvalue weighted by molar-refractivity contribution is 9.10. The molecule has 1 unspecified atom stereocenters. The Bertz CT molecular complexity index is 497. The Morgan fingerprint density at radius 3 is 2.94 bits per heavy atom. The molecule has 0 aliphatic carbocycles. The van der Waals surface area contributed by atoms with E-state index >= 15 is 0 Å². The SMILES string of the molecule is CCCC(Nc1ncc(Br)cc1C)c1cccs1. The number of aromatic nitrogens is 1. The molecule has 0 saturated carbocycles. The molecular weight excluding hydrogens is 308 g/mol. The summed E-state index contributed by atoms with van der Waals surface area (Å²) in [5, 5.41) is 5.68. The van der Waals surface area contributed by atoms with Crippen molar-refractivity contribution in [1.82, 2.24) is 4.98 Å². The Morgan fingerprint density at radius 2 is 2.33 bits per heavy atom. The van der Waals surface area contributed by atoms with Gasteiger partial charge in [-0.3, -0.25) is 0 Å². The average molecular weight is 325 g/mol. The zero-order valence-corrected chi connectivity index (χ0v) is 13.0. The molecule has 96 valence electrons. The second-order valence-corrected chi connectivity index (χ2v) is 6.22. The first-order valence-corrected chi connectivity index (χ1v) is 7.80. The smallest absolute Gasteiger partial charge is 0.129 e. The zero-order chi connectivity index (χ0) is 13.0. The second kappa shape index (κ2) is 6.34. The van der Waals surface area contributed by atoms with E-state index in [0.717, 1.165) is 23.1 Å². The molecule has 2 aromatic rings. The van der Waals surface area contributed by atoms with Gasteiger partial charge in [-0.25, -0.2) is 4.98 Å². The van der Waals surface area contributed by atoms with Crippen LogP contribution < -0.4 is 5.32 Å². The summed E-state index contributed by atoms with van der Waals surface area (Å²) in [5.74, 6) is 0.977. The van der Waals surface area contributed by atoms with Gasteiger partial charge in [0.25, 0.3) is 0 Å². The summed E-state index contributed by atoms with van der Waals surface area (Å²) < 4.78 is 1.02. The topological polar surface area (TPSA) is 24.9 Å². The lowest BCUT2D eigenvalue weighted by molar-refractivity contribution is 0.684. The largest absolute Gasteiger partial charge is 0.362 e. The van der Waals surface area contributed by atoms with Crippen molar-refractivity contribution in [3.8, 4) is 0 Å². The lowest BCUT2D eigenvalue weighted by Crippen LogP contribution is -2.11. The van der Waals surface area contributed by atoms with E-state index in [4.69, 9.17) is 0 Å². The van der Waals surface area contributed by atoms with Gasteiger partial charge >= 0.3 is 0 Å². The zero-order valence-electron chi connectivity index (χ0n) is 10.6. The lowest BCUT2D eigenvalue weighted by atomic mass is 10.1. The molecule has 1 atom stereocenters. The summed E-state index contributed by atoms with van der Waals surface area (Å²) in [6.45, 7) is 4.29. The standard InChI is InChI=1S/C14H17BrN2S/c1-3-5-12(13-6-4-7-18-13)17-14-10(2)8-11(15)9-16-14/h4,6-9,12H,3,5H2,1-2H3,(H,16,17). The van der Waals surface area contributed by atoms with Gasteiger partial charge in [0, 0.05) is 15.5 Å². The fraction of sp³-hybridized carbons (Fsp3) is 0.357. The van der Waals surface area contributed by atoms with Gasteiger partial charge in [-0.1, -0.05) is 19.4 Å². The van der Waals surface area contributed by atoms with E-state index in [2.05, 4.69) is 63.7 Å². The minimum absolute atomic E-state index is 0.363. The Morgan fingerprint density at radius 1 is 1.50 bits per heavy atom. The summed E-state index contributed by atoms with van der Waals surface area (Å²) in [6, 6.07) is 6.74. The van der Waals surface area contributed by atoms with Crippen molar-refractivity contribution in [3.63, 3.8) is 0 Å². The first-order chi connectivity index (χ1) is 8.70. The van der Waals surface area contributed by atoms with Gasteiger partial charge in [0.15, 0.2) is 0 Å². The van der Waals surface area contributed by atoms with Crippen LogP contribution in [-0.4, -0.2) is 4.98 Å². The van der Waals surface area contributed by atoms with Crippen LogP contribution in [0, 0.1) is 6.92 Å². The maximum atomic E-state index is 4.46. The Hall–Kier alpha value is -0.870. The van der Waals surface area contributed by atoms with Gasteiger partial charge in [0.05, 0.1) is 6.04 Å². The number of rotatable bonds is 5. The van der Waals surface area contributed by atoms with E-state index in [1.165, 1.54) is 10.4 Å². The van der Waals surface area contributed by atoms with Gasteiger partial charge in [-0.2, -0.15) is 0 Å². The van der Waals surface area contributed by atoms with E-state index in [-0.39, 0.29) is 0 Å². The number of hydrogen-bond donors (Lipinski definition) is 1. The van der Waals surface area contributed by atoms with E-state index in [1.807, 2.05) is 6.20 Å². The van der Waals surface area contributed by atoms with Crippen LogP contribution in [0.1, 0.15) is 36.2 Å². The summed E-state index contributed by atoms with van der Waals surface area (Å²) in [7, 11) is 0. The predicted molar refractivity (Wildman–Crippen MR) is 82.3 cm³/mol. The number of hydrogen-bond acceptors (Lipinski definition) is 3. The maximum Gasteiger partial charge on any atom is 0.129 e. The molecule has 0 aliphatic heterocycles. The lowest BCUT2D eigenvalue weighted by Gasteiger charge is -2.18. The van der Waals surface area contributed by atoms with Gasteiger partial charge < -0.3 is 5.32 Å². The molecule has 18 heavy (non-hydrogen) atoms. The monoisotopic (exact) mass is 324 g/mol. The molecule has 0 aromatic carbocycles. The van der Waals surface area contributed by atoms with E-state index in [0.29, 0.717) is 6.04 Å². The fourth-order valence-corrected chi connectivity index (χ4v) is 3.18. The van der Waals surface area contributed by atoms with Gasteiger partial charge in [-0.15, -0.1) is 11.3 Å². The minimum atomic E-state index is 0.363. The van der Waals surface area contributed by atoms with Crippen LogP contribution in [0.25, 0.3) is 0 Å². The van der Waals surface area contributed by atoms with Crippen LogP contribution >= 0.6 is 27.3 Å². The number of aryl methyl sites for hydroxylation is 1. The molecule has 2 rings (SSSR count). The fourth-order valence-electron chi connectivity index (χ4n) is 1.92. The van der Waals surface area contributed by atoms with Crippen molar-refractivity contribution in [1.29, 1.82) is 0 Å². The first kappa shape index (κ1) is 13.6. The highest BCUT2D eigenvalue weighted by Gasteiger charge is 2.13. The third kappa shape index (κ3) is 3.33. The van der Waals surface area contributed by atoms with Crippen molar-refractivity contribution >= 4 is 33.1 Å². The molecule has 0 aliphatic rings. The quantitative estimate of drug-likeness (QED) is 0.820. The van der Waals surface area contributed by atoms with E-state index in [9.17, 15) is 0 Å². The average Bonchev–Trinajstić information content (AvgIpc) is 2.85. The molecule has 2 heterocycles. The molecule has 0 spiro atoms. The Kier molecular flexibility index (Phi) is 4.78. The number of anilines is 1. The van der Waals surface area contributed by atoms with Gasteiger partial charge in [0.1, 0.15) is 5.82 Å². The van der Waals surface area contributed by atoms with Crippen molar-refractivity contribution in [2.24, 2.45) is 0 Å². The molecule has 1 N–H and O–H groups in total. The molecule has 0 bridgehead atoms. The van der Waals surface area contributed by atoms with Gasteiger partial charge in [-0.05, 0) is 52.4 Å². The summed E-state index contributed by atoms with van der Waals surface area (Å²) in [5.41, 5.74) is 1.17. The molecule has 2 aromatic heterocycles.